The van der Waals surface area contributed by atoms with E-state index in [0.717, 1.165) is 35.3 Å². The molecule has 1 aliphatic rings. The number of carbonyl (C=O) groups excluding carboxylic acids is 1. The van der Waals surface area contributed by atoms with Gasteiger partial charge in [0.1, 0.15) is 37.6 Å². The molecule has 1 saturated heterocycles. The van der Waals surface area contributed by atoms with Crippen LogP contribution in [-0.2, 0) is 4.74 Å². The predicted octanol–water partition coefficient (Wildman–Crippen LogP) is 1.05. The van der Waals surface area contributed by atoms with Crippen molar-refractivity contribution in [3.8, 4) is 5.75 Å². The molecule has 22 heavy (non-hydrogen) atoms. The van der Waals surface area contributed by atoms with Crippen molar-refractivity contribution in [3.05, 3.63) is 30.0 Å². The minimum atomic E-state index is 0.174. The molecule has 0 saturated carbocycles. The Bertz CT molecular complexity index is 670. The van der Waals surface area contributed by atoms with Crippen molar-refractivity contribution in [1.82, 2.24) is 4.98 Å². The highest BCUT2D eigenvalue weighted by Crippen LogP contribution is 2.23. The molecule has 1 aromatic carbocycles. The van der Waals surface area contributed by atoms with Crippen molar-refractivity contribution in [3.63, 3.8) is 0 Å². The van der Waals surface area contributed by atoms with Crippen LogP contribution < -0.4 is 9.64 Å². The average Bonchev–Trinajstić information content (AvgIpc) is 2.88. The van der Waals surface area contributed by atoms with Crippen molar-refractivity contribution in [1.29, 1.82) is 0 Å². The molecule has 2 N–H and O–H groups in total. The Labute approximate surface area is 130 Å². The molecule has 1 aliphatic heterocycles. The summed E-state index contributed by atoms with van der Waals surface area (Å²) in [5.74, 6) is 0.961. The fourth-order valence-electron chi connectivity index (χ4n) is 3.32. The molecular weight excluding hydrogens is 280 g/mol. The summed E-state index contributed by atoms with van der Waals surface area (Å²) in [7, 11) is 1.64. The summed E-state index contributed by atoms with van der Waals surface area (Å²) in [5, 5.41) is 0.958. The molecule has 1 fully saturated rings. The van der Waals surface area contributed by atoms with Crippen LogP contribution in [0.1, 0.15) is 24.2 Å². The molecule has 118 valence electrons. The summed E-state index contributed by atoms with van der Waals surface area (Å²) >= 11 is 0. The number of nitrogens with one attached hydrogen (secondary N) is 2. The number of ketones is 1. The van der Waals surface area contributed by atoms with Gasteiger partial charge in [-0.25, -0.2) is 0 Å². The molecule has 2 aromatic rings. The predicted molar refractivity (Wildman–Crippen MR) is 84.8 cm³/mol. The second-order valence-corrected chi connectivity index (χ2v) is 6.13. The number of rotatable bonds is 4. The highest BCUT2D eigenvalue weighted by atomic mass is 16.5. The summed E-state index contributed by atoms with van der Waals surface area (Å²) in [5.41, 5.74) is 1.69. The second-order valence-electron chi connectivity index (χ2n) is 6.13. The number of carbonyl (C=O) groups is 1. The van der Waals surface area contributed by atoms with E-state index in [1.807, 2.05) is 18.2 Å². The Morgan fingerprint density at radius 3 is 2.77 bits per heavy atom. The molecule has 3 atom stereocenters. The number of ether oxygens (including phenoxy) is 2. The van der Waals surface area contributed by atoms with Gasteiger partial charge in [0.25, 0.3) is 0 Å². The van der Waals surface area contributed by atoms with E-state index in [1.165, 1.54) is 4.90 Å². The third kappa shape index (κ3) is 3.00. The van der Waals surface area contributed by atoms with E-state index in [0.29, 0.717) is 6.54 Å². The molecule has 3 rings (SSSR count). The summed E-state index contributed by atoms with van der Waals surface area (Å²) in [6.45, 7) is 6.41. The highest BCUT2D eigenvalue weighted by Gasteiger charge is 2.28. The van der Waals surface area contributed by atoms with Crippen LogP contribution in [-0.4, -0.2) is 49.7 Å². The van der Waals surface area contributed by atoms with Crippen LogP contribution in [0, 0.1) is 0 Å². The fourth-order valence-corrected chi connectivity index (χ4v) is 3.32. The molecule has 5 heteroatoms. The average molecular weight is 303 g/mol. The van der Waals surface area contributed by atoms with Gasteiger partial charge in [-0.05, 0) is 26.0 Å². The molecule has 0 aliphatic carbocycles. The summed E-state index contributed by atoms with van der Waals surface area (Å²) in [6, 6.07) is 5.74. The number of aromatic amines is 1. The van der Waals surface area contributed by atoms with Crippen LogP contribution >= 0.6 is 0 Å². The highest BCUT2D eigenvalue weighted by molar-refractivity contribution is 6.08. The normalized spacial score (nSPS) is 25.3. The number of fused-ring (bicyclic) bond motifs is 1. The van der Waals surface area contributed by atoms with Crippen LogP contribution in [0.3, 0.4) is 0 Å². The number of methoxy groups -OCH3 is 1. The molecule has 0 bridgehead atoms. The van der Waals surface area contributed by atoms with Crippen molar-refractivity contribution in [2.45, 2.75) is 26.1 Å². The first-order valence-corrected chi connectivity index (χ1v) is 7.74. The first-order chi connectivity index (χ1) is 10.6. The minimum Gasteiger partial charge on any atom is -0.497 e. The molecule has 0 spiro atoms. The zero-order valence-electron chi connectivity index (χ0n) is 13.3. The lowest BCUT2D eigenvalue weighted by Gasteiger charge is -2.31. The molecule has 1 unspecified atom stereocenters. The smallest absolute Gasteiger partial charge is 0.219 e. The Hall–Kier alpha value is -1.85. The van der Waals surface area contributed by atoms with Gasteiger partial charge in [0.05, 0.1) is 7.11 Å². The van der Waals surface area contributed by atoms with Crippen LogP contribution in [0.4, 0.5) is 0 Å². The van der Waals surface area contributed by atoms with Gasteiger partial charge >= 0.3 is 0 Å². The maximum atomic E-state index is 12.6. The Kier molecular flexibility index (Phi) is 4.18. The van der Waals surface area contributed by atoms with Gasteiger partial charge in [-0.15, -0.1) is 0 Å². The van der Waals surface area contributed by atoms with Gasteiger partial charge in [0, 0.05) is 28.7 Å². The summed E-state index contributed by atoms with van der Waals surface area (Å²) in [6.07, 6.45) is 2.22. The molecule has 5 nitrogen and oxygen atoms in total. The number of Topliss-reactive ketones (excluding diaryl/α,β-unsaturated/α-hetero) is 1. The van der Waals surface area contributed by atoms with E-state index in [1.54, 1.807) is 13.3 Å². The molecule has 0 radical (unpaired) electrons. The number of quaternary nitrogens is 1. The van der Waals surface area contributed by atoms with E-state index in [9.17, 15) is 4.79 Å². The van der Waals surface area contributed by atoms with Crippen molar-refractivity contribution in [2.24, 2.45) is 0 Å². The van der Waals surface area contributed by atoms with Gasteiger partial charge in [0.2, 0.25) is 5.78 Å². The van der Waals surface area contributed by atoms with Crippen molar-refractivity contribution < 1.29 is 19.2 Å². The zero-order valence-corrected chi connectivity index (χ0v) is 13.3. The molecule has 0 amide bonds. The van der Waals surface area contributed by atoms with E-state index >= 15 is 0 Å². The van der Waals surface area contributed by atoms with Crippen LogP contribution in [0.15, 0.2) is 24.4 Å². The third-order valence-electron chi connectivity index (χ3n) is 4.22. The number of benzene rings is 1. The van der Waals surface area contributed by atoms with Gasteiger partial charge in [-0.3, -0.25) is 4.79 Å². The number of aromatic nitrogens is 1. The van der Waals surface area contributed by atoms with Crippen molar-refractivity contribution in [2.75, 3.05) is 26.7 Å². The van der Waals surface area contributed by atoms with Gasteiger partial charge in [0.15, 0.2) is 0 Å². The van der Waals surface area contributed by atoms with E-state index < -0.39 is 0 Å². The van der Waals surface area contributed by atoms with Crippen LogP contribution in [0.2, 0.25) is 0 Å². The second kappa shape index (κ2) is 6.10. The molecular formula is C17H23N2O3+. The SMILES string of the molecule is COc1ccc2c(C(=O)C[NH+]3C[C@@H](C)O[C@@H](C)C3)c[nH]c2c1. The first kappa shape index (κ1) is 15.1. The maximum absolute atomic E-state index is 12.6. The van der Waals surface area contributed by atoms with Gasteiger partial charge in [-0.1, -0.05) is 0 Å². The van der Waals surface area contributed by atoms with E-state index in [-0.39, 0.29) is 18.0 Å². The minimum absolute atomic E-state index is 0.174. The Balaban J connectivity index is 1.77. The number of morpholine rings is 1. The number of hydrogen-bond acceptors (Lipinski definition) is 3. The summed E-state index contributed by atoms with van der Waals surface area (Å²) in [4.78, 5) is 17.1. The zero-order chi connectivity index (χ0) is 15.7. The topological polar surface area (TPSA) is 55.8 Å². The Morgan fingerprint density at radius 1 is 1.36 bits per heavy atom. The van der Waals surface area contributed by atoms with E-state index in [4.69, 9.17) is 9.47 Å². The van der Waals surface area contributed by atoms with E-state index in [2.05, 4.69) is 18.8 Å². The number of hydrogen-bond donors (Lipinski definition) is 2. The molecule has 1 aromatic heterocycles. The monoisotopic (exact) mass is 303 g/mol. The Morgan fingerprint density at radius 2 is 2.09 bits per heavy atom. The third-order valence-corrected chi connectivity index (χ3v) is 4.22. The standard InChI is InChI=1S/C17H22N2O3/c1-11-8-19(9-12(2)22-11)10-17(20)15-7-18-16-6-13(21-3)4-5-14(15)16/h4-7,11-12,18H,8-10H2,1-3H3/p+1/t11-,12+. The summed E-state index contributed by atoms with van der Waals surface area (Å²) < 4.78 is 10.9. The van der Waals surface area contributed by atoms with Crippen LogP contribution in [0.25, 0.3) is 10.9 Å². The lowest BCUT2D eigenvalue weighted by Crippen LogP contribution is -3.16. The first-order valence-electron chi connectivity index (χ1n) is 7.74. The van der Waals surface area contributed by atoms with Gasteiger partial charge < -0.3 is 19.4 Å². The van der Waals surface area contributed by atoms with Crippen molar-refractivity contribution >= 4 is 16.7 Å². The maximum Gasteiger partial charge on any atom is 0.219 e. The lowest BCUT2D eigenvalue weighted by molar-refractivity contribution is -0.906. The molecule has 2 heterocycles. The van der Waals surface area contributed by atoms with Crippen LogP contribution in [0.5, 0.6) is 5.75 Å². The number of H-pyrrole nitrogens is 1. The quantitative estimate of drug-likeness (QED) is 0.830. The lowest BCUT2D eigenvalue weighted by atomic mass is 10.1. The fraction of sp³-hybridized carbons (Fsp3) is 0.471. The van der Waals surface area contributed by atoms with Gasteiger partial charge in [-0.2, -0.15) is 0 Å². The largest absolute Gasteiger partial charge is 0.497 e.